The van der Waals surface area contributed by atoms with Crippen LogP contribution in [0.4, 0.5) is 4.79 Å². The number of nitrogens with two attached hydrogens (primary N) is 1. The van der Waals surface area contributed by atoms with Gasteiger partial charge in [0.15, 0.2) is 0 Å². The van der Waals surface area contributed by atoms with Crippen LogP contribution in [0.25, 0.3) is 0 Å². The van der Waals surface area contributed by atoms with Gasteiger partial charge < -0.3 is 30.0 Å². The van der Waals surface area contributed by atoms with Crippen molar-refractivity contribution in [3.63, 3.8) is 0 Å². The van der Waals surface area contributed by atoms with E-state index in [1.807, 2.05) is 20.0 Å². The fourth-order valence-electron chi connectivity index (χ4n) is 7.84. The molecule has 354 valence electrons. The van der Waals surface area contributed by atoms with Gasteiger partial charge in [0.05, 0.1) is 26.0 Å². The minimum Gasteiger partial charge on any atom is -0.466 e. The largest absolute Gasteiger partial charge is 0.508 e. The average molecular weight is 851 g/mol. The maximum absolute atomic E-state index is 12.7. The molecule has 3 N–H and O–H groups in total. The molecule has 0 bridgehead atoms. The summed E-state index contributed by atoms with van der Waals surface area (Å²) in [6, 6.07) is 0. The Balaban J connectivity index is 4.56. The lowest BCUT2D eigenvalue weighted by Gasteiger charge is -2.18. The van der Waals surface area contributed by atoms with Gasteiger partial charge in [0, 0.05) is 19.3 Å². The average Bonchev–Trinajstić information content (AvgIpc) is 3.22. The quantitative estimate of drug-likeness (QED) is 0.0267. The molecular formula is C51H98N2O7. The molecule has 60 heavy (non-hydrogen) atoms. The molecule has 9 nitrogen and oxygen atoms in total. The molecule has 0 amide bonds. The Morgan fingerprint density at radius 1 is 0.483 bits per heavy atom. The number of carbonyl (C=O) groups is 3. The van der Waals surface area contributed by atoms with E-state index >= 15 is 0 Å². The van der Waals surface area contributed by atoms with Gasteiger partial charge in [0.1, 0.15) is 6.10 Å². The van der Waals surface area contributed by atoms with Crippen LogP contribution < -0.4 is 11.1 Å². The van der Waals surface area contributed by atoms with Crippen LogP contribution >= 0.6 is 0 Å². The number of carbonyl (C=O) groups excluding carboxylic acids is 3. The van der Waals surface area contributed by atoms with Crippen LogP contribution in [0.5, 0.6) is 0 Å². The third-order valence-electron chi connectivity index (χ3n) is 11.8. The number of rotatable bonds is 44. The van der Waals surface area contributed by atoms with E-state index in [9.17, 15) is 14.4 Å². The van der Waals surface area contributed by atoms with Crippen molar-refractivity contribution >= 4 is 18.1 Å². The molecule has 0 spiro atoms. The molecule has 1 unspecified atom stereocenters. The van der Waals surface area contributed by atoms with Crippen LogP contribution in [0.2, 0.25) is 0 Å². The van der Waals surface area contributed by atoms with Crippen LogP contribution in [0.15, 0.2) is 11.8 Å². The predicted octanol–water partition coefficient (Wildman–Crippen LogP) is 14.6. The first-order chi connectivity index (χ1) is 29.1. The molecule has 0 heterocycles. The summed E-state index contributed by atoms with van der Waals surface area (Å²) in [5.74, 6) is 1.23. The van der Waals surface area contributed by atoms with Gasteiger partial charge in [0.25, 0.3) is 0 Å². The van der Waals surface area contributed by atoms with E-state index in [-0.39, 0.29) is 30.8 Å². The van der Waals surface area contributed by atoms with Crippen molar-refractivity contribution in [1.29, 1.82) is 0 Å². The molecule has 0 aromatic heterocycles. The Morgan fingerprint density at radius 2 is 0.867 bits per heavy atom. The van der Waals surface area contributed by atoms with E-state index < -0.39 is 6.16 Å². The molecule has 0 aliphatic rings. The van der Waals surface area contributed by atoms with Crippen molar-refractivity contribution in [3.8, 4) is 0 Å². The highest BCUT2D eigenvalue weighted by Crippen LogP contribution is 2.23. The Bertz CT molecular complexity index is 943. The Labute approximate surface area is 370 Å². The summed E-state index contributed by atoms with van der Waals surface area (Å²) in [6.45, 7) is 14.2. The van der Waals surface area contributed by atoms with Crippen LogP contribution in [0.1, 0.15) is 253 Å². The summed E-state index contributed by atoms with van der Waals surface area (Å²) in [6.07, 6.45) is 36.2. The van der Waals surface area contributed by atoms with Crippen molar-refractivity contribution in [1.82, 2.24) is 5.32 Å². The highest BCUT2D eigenvalue weighted by molar-refractivity contribution is 5.69. The van der Waals surface area contributed by atoms with Crippen molar-refractivity contribution in [3.05, 3.63) is 11.8 Å². The minimum atomic E-state index is -0.605. The smallest absolute Gasteiger partial charge is 0.466 e. The molecule has 0 aliphatic carbocycles. The van der Waals surface area contributed by atoms with Crippen molar-refractivity contribution in [2.45, 2.75) is 266 Å². The second kappa shape index (κ2) is 43.4. The van der Waals surface area contributed by atoms with Gasteiger partial charge in [-0.3, -0.25) is 9.59 Å². The van der Waals surface area contributed by atoms with Gasteiger partial charge >= 0.3 is 18.1 Å². The lowest BCUT2D eigenvalue weighted by atomic mass is 9.92. The summed E-state index contributed by atoms with van der Waals surface area (Å²) in [5.41, 5.74) is 6.80. The number of esters is 2. The van der Waals surface area contributed by atoms with Crippen LogP contribution in [0, 0.1) is 11.8 Å². The highest BCUT2D eigenvalue weighted by atomic mass is 16.7. The van der Waals surface area contributed by atoms with Crippen molar-refractivity contribution < 1.29 is 33.3 Å². The van der Waals surface area contributed by atoms with Crippen molar-refractivity contribution in [2.75, 3.05) is 19.8 Å². The molecule has 0 saturated heterocycles. The fraction of sp³-hybridized carbons (Fsp3) is 0.902. The lowest BCUT2D eigenvalue weighted by Crippen LogP contribution is -2.30. The molecule has 0 aliphatic heterocycles. The second-order valence-electron chi connectivity index (χ2n) is 17.9. The van der Waals surface area contributed by atoms with Gasteiger partial charge in [-0.25, -0.2) is 4.79 Å². The third-order valence-corrected chi connectivity index (χ3v) is 11.8. The molecule has 0 aromatic rings. The topological polar surface area (TPSA) is 126 Å². The molecule has 0 aromatic carbocycles. The first-order valence-corrected chi connectivity index (χ1v) is 25.5. The van der Waals surface area contributed by atoms with Gasteiger partial charge in [-0.15, -0.1) is 0 Å². The summed E-state index contributed by atoms with van der Waals surface area (Å²) in [5, 5.41) is 3.06. The van der Waals surface area contributed by atoms with E-state index in [0.29, 0.717) is 44.3 Å². The SMILES string of the molecule is CCCCCC(CCCCC)CCOC(=O)CCCCCCCC(CCCCCCCC(=O)OCCC(CCCCC)CCCCC)OC(=O)OCC/C(C)=C/NC(C)N. The molecule has 9 heteroatoms. The minimum absolute atomic E-state index is 0.0617. The molecule has 0 rings (SSSR count). The molecule has 1 atom stereocenters. The summed E-state index contributed by atoms with van der Waals surface area (Å²) < 4.78 is 22.5. The van der Waals surface area contributed by atoms with E-state index in [0.717, 1.165) is 95.5 Å². The Morgan fingerprint density at radius 3 is 1.27 bits per heavy atom. The van der Waals surface area contributed by atoms with E-state index in [2.05, 4.69) is 33.0 Å². The van der Waals surface area contributed by atoms with Gasteiger partial charge in [-0.05, 0) is 83.2 Å². The maximum atomic E-state index is 12.7. The standard InChI is InChI=1S/C51H98N2O7/c1-7-11-21-29-46(30-22-12-8-2)38-41-57-49(54)35-27-19-15-17-25-33-48(60-51(56)59-40-37-44(5)43-53-45(6)52)34-26-18-16-20-28-36-50(55)58-42-39-47(31-23-13-9-3)32-24-14-10-4/h43,45-48,53H,7-42,52H2,1-6H3/b44-43+. The number of nitrogens with one attached hydrogen (secondary N) is 1. The summed E-state index contributed by atoms with van der Waals surface area (Å²) in [7, 11) is 0. The number of ether oxygens (including phenoxy) is 4. The molecule has 0 radical (unpaired) electrons. The zero-order valence-corrected chi connectivity index (χ0v) is 40.3. The van der Waals surface area contributed by atoms with Crippen LogP contribution in [-0.4, -0.2) is 50.2 Å². The Kier molecular flexibility index (Phi) is 41.7. The van der Waals surface area contributed by atoms with Gasteiger partial charge in [-0.1, -0.05) is 175 Å². The zero-order valence-electron chi connectivity index (χ0n) is 40.3. The predicted molar refractivity (Wildman–Crippen MR) is 251 cm³/mol. The van der Waals surface area contributed by atoms with E-state index in [4.69, 9.17) is 24.7 Å². The van der Waals surface area contributed by atoms with Gasteiger partial charge in [-0.2, -0.15) is 0 Å². The molecule has 0 saturated carbocycles. The van der Waals surface area contributed by atoms with Crippen molar-refractivity contribution in [2.24, 2.45) is 17.6 Å². The number of hydrogen-bond donors (Lipinski definition) is 2. The first kappa shape index (κ1) is 57.7. The van der Waals surface area contributed by atoms with E-state index in [1.54, 1.807) is 0 Å². The first-order valence-electron chi connectivity index (χ1n) is 25.5. The third kappa shape index (κ3) is 39.8. The number of hydrogen-bond acceptors (Lipinski definition) is 9. The maximum Gasteiger partial charge on any atom is 0.508 e. The van der Waals surface area contributed by atoms with Gasteiger partial charge in [0.2, 0.25) is 0 Å². The normalized spacial score (nSPS) is 12.3. The monoisotopic (exact) mass is 851 g/mol. The second-order valence-corrected chi connectivity index (χ2v) is 17.9. The highest BCUT2D eigenvalue weighted by Gasteiger charge is 2.16. The fourth-order valence-corrected chi connectivity index (χ4v) is 7.84. The molecular weight excluding hydrogens is 753 g/mol. The number of unbranched alkanes of at least 4 members (excludes halogenated alkanes) is 16. The van der Waals surface area contributed by atoms with Crippen LogP contribution in [-0.2, 0) is 28.5 Å². The van der Waals surface area contributed by atoms with Crippen LogP contribution in [0.3, 0.4) is 0 Å². The summed E-state index contributed by atoms with van der Waals surface area (Å²) in [4.78, 5) is 37.5. The molecule has 0 fully saturated rings. The van der Waals surface area contributed by atoms with E-state index in [1.165, 1.54) is 103 Å². The Hall–Kier alpha value is -2.29. The summed E-state index contributed by atoms with van der Waals surface area (Å²) >= 11 is 0. The zero-order chi connectivity index (χ0) is 44.3. The lowest BCUT2D eigenvalue weighted by molar-refractivity contribution is -0.145.